The monoisotopic (exact) mass is 385 g/mol. The Morgan fingerprint density at radius 2 is 1.93 bits per heavy atom. The van der Waals surface area contributed by atoms with Crippen LogP contribution in [0, 0.1) is 0 Å². The second-order valence-corrected chi connectivity index (χ2v) is 6.13. The van der Waals surface area contributed by atoms with Crippen LogP contribution in [0.2, 0.25) is 0 Å². The third-order valence-corrected chi connectivity index (χ3v) is 4.10. The lowest BCUT2D eigenvalue weighted by Gasteiger charge is -2.12. The van der Waals surface area contributed by atoms with Gasteiger partial charge in [0.1, 0.15) is 0 Å². The summed E-state index contributed by atoms with van der Waals surface area (Å²) in [5, 5.41) is 8.58. The fourth-order valence-electron chi connectivity index (χ4n) is 2.69. The average Bonchev–Trinajstić information content (AvgIpc) is 3.18. The van der Waals surface area contributed by atoms with E-state index < -0.39 is 0 Å². The van der Waals surface area contributed by atoms with Crippen molar-refractivity contribution >= 4 is 17.5 Å². The van der Waals surface area contributed by atoms with Crippen LogP contribution in [-0.4, -0.2) is 45.4 Å². The van der Waals surface area contributed by atoms with Crippen molar-refractivity contribution in [1.29, 1.82) is 0 Å². The van der Waals surface area contributed by atoms with Gasteiger partial charge in [-0.15, -0.1) is 0 Å². The number of fused-ring (bicyclic) bond motifs is 1. The number of anilines is 1. The molecule has 0 aliphatic carbocycles. The summed E-state index contributed by atoms with van der Waals surface area (Å²) in [5.41, 5.74) is 1.75. The number of nitrogens with one attached hydrogen (secondary N) is 3. The van der Waals surface area contributed by atoms with Gasteiger partial charge in [-0.05, 0) is 29.8 Å². The molecule has 2 aromatic carbocycles. The third-order valence-electron chi connectivity index (χ3n) is 4.10. The summed E-state index contributed by atoms with van der Waals surface area (Å²) in [5.74, 6) is 0.857. The van der Waals surface area contributed by atoms with Crippen LogP contribution < -0.4 is 25.4 Å². The van der Waals surface area contributed by atoms with Crippen LogP contribution in [0.1, 0.15) is 15.9 Å². The van der Waals surface area contributed by atoms with E-state index in [1.165, 1.54) is 0 Å². The molecule has 0 aromatic heterocycles. The SMILES string of the molecule is COCCNCC(=O)Nc1ccccc1C(=O)NCc1ccc2c(c1)OCO2. The molecule has 0 atom stereocenters. The van der Waals surface area contributed by atoms with E-state index in [1.54, 1.807) is 31.4 Å². The maximum absolute atomic E-state index is 12.6. The summed E-state index contributed by atoms with van der Waals surface area (Å²) in [7, 11) is 1.60. The number of methoxy groups -OCH3 is 1. The number of hydrogen-bond donors (Lipinski definition) is 3. The van der Waals surface area contributed by atoms with E-state index in [2.05, 4.69) is 16.0 Å². The first-order valence-corrected chi connectivity index (χ1v) is 8.92. The molecule has 0 spiro atoms. The molecule has 3 rings (SSSR count). The molecule has 1 aliphatic heterocycles. The largest absolute Gasteiger partial charge is 0.454 e. The minimum absolute atomic E-state index is 0.135. The number of carbonyl (C=O) groups is 2. The summed E-state index contributed by atoms with van der Waals surface area (Å²) in [6.07, 6.45) is 0. The van der Waals surface area contributed by atoms with Crippen LogP contribution in [0.4, 0.5) is 5.69 Å². The van der Waals surface area contributed by atoms with Gasteiger partial charge in [-0.1, -0.05) is 18.2 Å². The lowest BCUT2D eigenvalue weighted by atomic mass is 10.1. The van der Waals surface area contributed by atoms with Crippen molar-refractivity contribution in [2.45, 2.75) is 6.54 Å². The topological polar surface area (TPSA) is 97.9 Å². The molecule has 3 N–H and O–H groups in total. The Morgan fingerprint density at radius 1 is 1.11 bits per heavy atom. The van der Waals surface area contributed by atoms with Gasteiger partial charge in [0.2, 0.25) is 12.7 Å². The highest BCUT2D eigenvalue weighted by molar-refractivity contribution is 6.04. The van der Waals surface area contributed by atoms with Gasteiger partial charge in [-0.2, -0.15) is 0 Å². The molecule has 0 fully saturated rings. The fraction of sp³-hybridized carbons (Fsp3) is 0.300. The maximum atomic E-state index is 12.6. The van der Waals surface area contributed by atoms with Gasteiger partial charge in [0.25, 0.3) is 5.91 Å². The average molecular weight is 385 g/mol. The molecule has 1 heterocycles. The van der Waals surface area contributed by atoms with Gasteiger partial charge < -0.3 is 30.2 Å². The van der Waals surface area contributed by atoms with Gasteiger partial charge in [0.15, 0.2) is 11.5 Å². The van der Waals surface area contributed by atoms with Crippen molar-refractivity contribution in [1.82, 2.24) is 10.6 Å². The van der Waals surface area contributed by atoms with Crippen molar-refractivity contribution in [3.8, 4) is 11.5 Å². The summed E-state index contributed by atoms with van der Waals surface area (Å²) >= 11 is 0. The second kappa shape index (κ2) is 9.72. The molecular weight excluding hydrogens is 362 g/mol. The number of carbonyl (C=O) groups excluding carboxylic acids is 2. The van der Waals surface area contributed by atoms with E-state index in [1.807, 2.05) is 18.2 Å². The predicted molar refractivity (Wildman–Crippen MR) is 104 cm³/mol. The Kier molecular flexibility index (Phi) is 6.83. The Labute approximate surface area is 163 Å². The molecule has 8 heteroatoms. The van der Waals surface area contributed by atoms with Crippen LogP contribution >= 0.6 is 0 Å². The van der Waals surface area contributed by atoms with E-state index in [4.69, 9.17) is 14.2 Å². The number of benzene rings is 2. The normalized spacial score (nSPS) is 11.9. The van der Waals surface area contributed by atoms with Gasteiger partial charge in [-0.25, -0.2) is 0 Å². The van der Waals surface area contributed by atoms with E-state index >= 15 is 0 Å². The number of para-hydroxylation sites is 1. The number of amides is 2. The standard InChI is InChI=1S/C20H23N3O5/c1-26-9-8-21-12-19(24)23-16-5-3-2-4-15(16)20(25)22-11-14-6-7-17-18(10-14)28-13-27-17/h2-7,10,21H,8-9,11-13H2,1H3,(H,22,25)(H,23,24). The van der Waals surface area contributed by atoms with Gasteiger partial charge in [0, 0.05) is 20.2 Å². The summed E-state index contributed by atoms with van der Waals surface area (Å²) in [6, 6.07) is 12.4. The van der Waals surface area contributed by atoms with Crippen molar-refractivity contribution in [3.63, 3.8) is 0 Å². The Bertz CT molecular complexity index is 840. The lowest BCUT2D eigenvalue weighted by molar-refractivity contribution is -0.115. The zero-order valence-electron chi connectivity index (χ0n) is 15.6. The number of ether oxygens (including phenoxy) is 3. The molecule has 28 heavy (non-hydrogen) atoms. The molecule has 0 saturated heterocycles. The zero-order valence-corrected chi connectivity index (χ0v) is 15.6. The van der Waals surface area contributed by atoms with Crippen LogP contribution in [-0.2, 0) is 16.1 Å². The highest BCUT2D eigenvalue weighted by Gasteiger charge is 2.15. The Balaban J connectivity index is 1.57. The zero-order chi connectivity index (χ0) is 19.8. The van der Waals surface area contributed by atoms with E-state index in [0.717, 1.165) is 5.56 Å². The molecule has 1 aliphatic rings. The minimum atomic E-state index is -0.277. The molecule has 148 valence electrons. The van der Waals surface area contributed by atoms with Crippen molar-refractivity contribution in [2.75, 3.05) is 38.9 Å². The highest BCUT2D eigenvalue weighted by Crippen LogP contribution is 2.32. The van der Waals surface area contributed by atoms with Gasteiger partial charge in [0.05, 0.1) is 24.4 Å². The first-order valence-electron chi connectivity index (χ1n) is 8.92. The van der Waals surface area contributed by atoms with Crippen molar-refractivity contribution < 1.29 is 23.8 Å². The van der Waals surface area contributed by atoms with Crippen LogP contribution in [0.5, 0.6) is 11.5 Å². The highest BCUT2D eigenvalue weighted by atomic mass is 16.7. The smallest absolute Gasteiger partial charge is 0.253 e. The third kappa shape index (κ3) is 5.21. The second-order valence-electron chi connectivity index (χ2n) is 6.13. The van der Waals surface area contributed by atoms with E-state index in [0.29, 0.717) is 42.4 Å². The summed E-state index contributed by atoms with van der Waals surface area (Å²) < 4.78 is 15.5. The predicted octanol–water partition coefficient (Wildman–Crippen LogP) is 1.52. The number of hydrogen-bond acceptors (Lipinski definition) is 6. The van der Waals surface area contributed by atoms with Crippen LogP contribution in [0.15, 0.2) is 42.5 Å². The molecular formula is C20H23N3O5. The lowest BCUT2D eigenvalue weighted by Crippen LogP contribution is -2.31. The minimum Gasteiger partial charge on any atom is -0.454 e. The Morgan fingerprint density at radius 3 is 2.79 bits per heavy atom. The molecule has 0 unspecified atom stereocenters. The Hall–Kier alpha value is -3.10. The maximum Gasteiger partial charge on any atom is 0.253 e. The van der Waals surface area contributed by atoms with Gasteiger partial charge in [-0.3, -0.25) is 9.59 Å². The quantitative estimate of drug-likeness (QED) is 0.566. The molecule has 0 saturated carbocycles. The molecule has 0 bridgehead atoms. The first-order chi connectivity index (χ1) is 13.7. The summed E-state index contributed by atoms with van der Waals surface area (Å²) in [4.78, 5) is 24.7. The fourth-order valence-corrected chi connectivity index (χ4v) is 2.69. The first kappa shape index (κ1) is 19.7. The van der Waals surface area contributed by atoms with Crippen LogP contribution in [0.3, 0.4) is 0 Å². The van der Waals surface area contributed by atoms with Gasteiger partial charge >= 0.3 is 0 Å². The molecule has 2 amide bonds. The van der Waals surface area contributed by atoms with Crippen LogP contribution in [0.25, 0.3) is 0 Å². The van der Waals surface area contributed by atoms with Crippen molar-refractivity contribution in [3.05, 3.63) is 53.6 Å². The molecule has 0 radical (unpaired) electrons. The van der Waals surface area contributed by atoms with Crippen molar-refractivity contribution in [2.24, 2.45) is 0 Å². The molecule has 8 nitrogen and oxygen atoms in total. The van der Waals surface area contributed by atoms with E-state index in [9.17, 15) is 9.59 Å². The number of rotatable bonds is 9. The summed E-state index contributed by atoms with van der Waals surface area (Å²) in [6.45, 7) is 1.76. The molecule has 2 aromatic rings. The van der Waals surface area contributed by atoms with E-state index in [-0.39, 0.29) is 25.2 Å².